The van der Waals surface area contributed by atoms with Crippen molar-refractivity contribution in [1.82, 2.24) is 10.8 Å². The molecule has 5 N–H and O–H groups in total. The lowest BCUT2D eigenvalue weighted by atomic mass is 9.77. The Morgan fingerprint density at radius 1 is 1.13 bits per heavy atom. The molecule has 2 saturated carbocycles. The molecule has 4 rings (SSSR count). The van der Waals surface area contributed by atoms with Crippen LogP contribution < -0.4 is 16.1 Å². The lowest BCUT2D eigenvalue weighted by Gasteiger charge is -2.36. The van der Waals surface area contributed by atoms with Gasteiger partial charge in [0.05, 0.1) is 5.69 Å². The van der Waals surface area contributed by atoms with Crippen LogP contribution in [0.25, 0.3) is 0 Å². The highest BCUT2D eigenvalue weighted by molar-refractivity contribution is 7.93. The number of phenolic OH excluding ortho intramolecular Hbond substituents is 1. The summed E-state index contributed by atoms with van der Waals surface area (Å²) in [5.41, 5.74) is 2.41. The maximum Gasteiger partial charge on any atom is 0.299 e. The number of phenols is 1. The topological polar surface area (TPSA) is 117 Å². The first-order chi connectivity index (χ1) is 14.5. The summed E-state index contributed by atoms with van der Waals surface area (Å²) in [6.07, 6.45) is 9.48. The number of nitrogens with one attached hydrogen (secondary N) is 3. The van der Waals surface area contributed by atoms with Crippen LogP contribution in [-0.4, -0.2) is 44.7 Å². The lowest BCUT2D eigenvalue weighted by molar-refractivity contribution is -0.132. The van der Waals surface area contributed by atoms with E-state index < -0.39 is 21.8 Å². The normalized spacial score (nSPS) is 27.7. The molecule has 0 radical (unpaired) electrons. The van der Waals surface area contributed by atoms with Crippen molar-refractivity contribution in [2.45, 2.75) is 79.9 Å². The summed E-state index contributed by atoms with van der Waals surface area (Å²) < 4.78 is 12.5. The number of hydrogen-bond donors (Lipinski definition) is 5. The average Bonchev–Trinajstić information content (AvgIpc) is 3.15. The van der Waals surface area contributed by atoms with Crippen LogP contribution in [0, 0.1) is 5.41 Å². The number of piperidine rings is 1. The van der Waals surface area contributed by atoms with E-state index in [0.29, 0.717) is 29.5 Å². The first-order valence-corrected chi connectivity index (χ1v) is 12.3. The fourth-order valence-electron chi connectivity index (χ4n) is 5.61. The van der Waals surface area contributed by atoms with Gasteiger partial charge in [0.25, 0.3) is 5.91 Å². The van der Waals surface area contributed by atoms with Gasteiger partial charge in [-0.2, -0.15) is 0 Å². The van der Waals surface area contributed by atoms with Gasteiger partial charge in [0.15, 0.2) is 4.90 Å². The van der Waals surface area contributed by atoms with Gasteiger partial charge in [-0.15, -0.1) is 0 Å². The molecule has 1 heterocycles. The largest absolute Gasteiger partial charge is 0.611 e. The molecule has 7 nitrogen and oxygen atoms in total. The average molecular weight is 436 g/mol. The Bertz CT molecular complexity index is 765. The van der Waals surface area contributed by atoms with Gasteiger partial charge >= 0.3 is 0 Å². The first kappa shape index (κ1) is 21.7. The van der Waals surface area contributed by atoms with E-state index in [1.165, 1.54) is 25.3 Å². The smallest absolute Gasteiger partial charge is 0.299 e. The molecule has 1 spiro atoms. The Labute approximate surface area is 181 Å². The molecule has 1 saturated heterocycles. The molecule has 3 fully saturated rings. The number of aromatic hydroxyl groups is 1. The molecule has 0 bridgehead atoms. The second-order valence-electron chi connectivity index (χ2n) is 9.29. The Morgan fingerprint density at radius 2 is 1.87 bits per heavy atom. The zero-order valence-corrected chi connectivity index (χ0v) is 18.2. The maximum atomic E-state index is 13.6. The van der Waals surface area contributed by atoms with Crippen LogP contribution >= 0.6 is 0 Å². The van der Waals surface area contributed by atoms with Gasteiger partial charge in [0.1, 0.15) is 5.75 Å². The van der Waals surface area contributed by atoms with E-state index in [0.717, 1.165) is 45.2 Å². The molecule has 2 unspecified atom stereocenters. The number of hydroxylamine groups is 1. The molecule has 2 aliphatic carbocycles. The number of anilines is 1. The Balaban J connectivity index is 1.55. The quantitative estimate of drug-likeness (QED) is 0.210. The molecule has 1 aliphatic heterocycles. The monoisotopic (exact) mass is 435 g/mol. The van der Waals surface area contributed by atoms with Crippen molar-refractivity contribution < 1.29 is 19.7 Å². The van der Waals surface area contributed by atoms with E-state index >= 15 is 0 Å². The fraction of sp³-hybridized carbons (Fsp3) is 0.682. The van der Waals surface area contributed by atoms with E-state index in [9.17, 15) is 19.7 Å². The van der Waals surface area contributed by atoms with Crippen molar-refractivity contribution in [3.05, 3.63) is 18.2 Å². The third kappa shape index (κ3) is 4.15. The van der Waals surface area contributed by atoms with Gasteiger partial charge in [-0.05, 0) is 62.7 Å². The van der Waals surface area contributed by atoms with Crippen LogP contribution in [0.15, 0.2) is 23.1 Å². The van der Waals surface area contributed by atoms with Gasteiger partial charge in [-0.25, -0.2) is 5.48 Å². The minimum absolute atomic E-state index is 0.0159. The summed E-state index contributed by atoms with van der Waals surface area (Å²) in [6, 6.07) is 5.36. The van der Waals surface area contributed by atoms with Gasteiger partial charge in [0.2, 0.25) is 4.75 Å². The number of hydrogen-bond acceptors (Lipinski definition) is 6. The van der Waals surface area contributed by atoms with Gasteiger partial charge in [0, 0.05) is 36.1 Å². The first-order valence-electron chi connectivity index (χ1n) is 11.1. The standard InChI is InChI=1S/C22H33N3O4S/c26-19-14-17(6-7-18(19)24-16-4-2-1-3-5-16)30(29)22(20(27)25-28)9-8-21(15-22)10-12-23-13-11-21/h6-7,14,16,23-24,26,28H,1-5,8-13,15H2,(H,25,27). The molecular formula is C22H33N3O4S. The summed E-state index contributed by atoms with van der Waals surface area (Å²) in [5, 5.41) is 26.7. The van der Waals surface area contributed by atoms with Crippen molar-refractivity contribution in [1.29, 1.82) is 0 Å². The maximum absolute atomic E-state index is 13.6. The number of carbonyl (C=O) groups excluding carboxylic acids is 1. The predicted molar refractivity (Wildman–Crippen MR) is 116 cm³/mol. The van der Waals surface area contributed by atoms with Crippen molar-refractivity contribution in [3.63, 3.8) is 0 Å². The SMILES string of the molecule is O=C(NO)C1([S+]([O-])c2ccc(NC3CCCCC3)c(O)c2)CCC2(CCNCC2)C1. The molecule has 8 heteroatoms. The van der Waals surface area contributed by atoms with Crippen LogP contribution in [0.1, 0.15) is 64.2 Å². The van der Waals surface area contributed by atoms with Gasteiger partial charge in [-0.1, -0.05) is 19.3 Å². The van der Waals surface area contributed by atoms with Crippen LogP contribution in [0.4, 0.5) is 5.69 Å². The number of benzene rings is 1. The summed E-state index contributed by atoms with van der Waals surface area (Å²) >= 11 is -1.68. The molecule has 1 amide bonds. The predicted octanol–water partition coefficient (Wildman–Crippen LogP) is 3.04. The molecule has 1 aromatic rings. The second-order valence-corrected chi connectivity index (χ2v) is 11.1. The highest BCUT2D eigenvalue weighted by Crippen LogP contribution is 2.54. The third-order valence-corrected chi connectivity index (χ3v) is 9.33. The Kier molecular flexibility index (Phi) is 6.48. The van der Waals surface area contributed by atoms with E-state index in [1.807, 2.05) is 0 Å². The fourth-order valence-corrected chi connectivity index (χ4v) is 7.41. The van der Waals surface area contributed by atoms with Crippen LogP contribution in [0.3, 0.4) is 0 Å². The van der Waals surface area contributed by atoms with E-state index in [1.54, 1.807) is 17.6 Å². The van der Waals surface area contributed by atoms with E-state index in [2.05, 4.69) is 10.6 Å². The summed E-state index contributed by atoms with van der Waals surface area (Å²) in [5.74, 6) is -0.527. The third-order valence-electron chi connectivity index (χ3n) is 7.40. The molecule has 3 aliphatic rings. The van der Waals surface area contributed by atoms with Crippen molar-refractivity contribution in [3.8, 4) is 5.75 Å². The second kappa shape index (κ2) is 8.94. The molecular weight excluding hydrogens is 402 g/mol. The number of rotatable bonds is 5. The van der Waals surface area contributed by atoms with Crippen LogP contribution in [0.2, 0.25) is 0 Å². The molecule has 0 aromatic heterocycles. The van der Waals surface area contributed by atoms with E-state index in [-0.39, 0.29) is 11.2 Å². The van der Waals surface area contributed by atoms with Crippen LogP contribution in [-0.2, 0) is 16.0 Å². The minimum Gasteiger partial charge on any atom is -0.611 e. The summed E-state index contributed by atoms with van der Waals surface area (Å²) in [4.78, 5) is 13.2. The molecule has 166 valence electrons. The highest BCUT2D eigenvalue weighted by atomic mass is 32.2. The molecule has 30 heavy (non-hydrogen) atoms. The Morgan fingerprint density at radius 3 is 2.53 bits per heavy atom. The van der Waals surface area contributed by atoms with Crippen molar-refractivity contribution in [2.75, 3.05) is 18.4 Å². The number of carbonyl (C=O) groups is 1. The van der Waals surface area contributed by atoms with Crippen LogP contribution in [0.5, 0.6) is 5.75 Å². The Hall–Kier alpha value is -1.48. The van der Waals surface area contributed by atoms with Crippen molar-refractivity contribution in [2.24, 2.45) is 5.41 Å². The lowest BCUT2D eigenvalue weighted by Crippen LogP contribution is -2.51. The highest BCUT2D eigenvalue weighted by Gasteiger charge is 2.60. The molecule has 2 atom stereocenters. The minimum atomic E-state index is -1.68. The zero-order valence-electron chi connectivity index (χ0n) is 17.4. The summed E-state index contributed by atoms with van der Waals surface area (Å²) in [6.45, 7) is 1.79. The number of amides is 1. The van der Waals surface area contributed by atoms with Gasteiger partial charge < -0.3 is 20.3 Å². The van der Waals surface area contributed by atoms with E-state index in [4.69, 9.17) is 0 Å². The zero-order chi connectivity index (χ0) is 21.2. The summed E-state index contributed by atoms with van der Waals surface area (Å²) in [7, 11) is 0. The molecule has 1 aromatic carbocycles. The van der Waals surface area contributed by atoms with Gasteiger partial charge in [-0.3, -0.25) is 10.0 Å². The van der Waals surface area contributed by atoms with Crippen molar-refractivity contribution >= 4 is 22.8 Å².